The predicted molar refractivity (Wildman–Crippen MR) is 111 cm³/mol. The summed E-state index contributed by atoms with van der Waals surface area (Å²) in [6.07, 6.45) is 4.28. The van der Waals surface area contributed by atoms with Gasteiger partial charge in [0.15, 0.2) is 0 Å². The van der Waals surface area contributed by atoms with Crippen molar-refractivity contribution >= 4 is 11.6 Å². The molecule has 3 heterocycles. The molecule has 2 aromatic heterocycles. The second kappa shape index (κ2) is 7.64. The zero-order valence-electron chi connectivity index (χ0n) is 16.7. The molecule has 0 aliphatic carbocycles. The van der Waals surface area contributed by atoms with Gasteiger partial charge in [-0.05, 0) is 57.5 Å². The smallest absolute Gasteiger partial charge is 0.238 e. The van der Waals surface area contributed by atoms with Crippen LogP contribution in [0.25, 0.3) is 5.69 Å². The maximum Gasteiger partial charge on any atom is 0.238 e. The summed E-state index contributed by atoms with van der Waals surface area (Å²) in [4.78, 5) is 15.1. The number of nitrogens with zero attached hydrogens (tertiary/aromatic N) is 4. The molecule has 28 heavy (non-hydrogen) atoms. The van der Waals surface area contributed by atoms with Crippen LogP contribution in [0.1, 0.15) is 36.0 Å². The standard InChI is InChI=1S/C22H27N5O/c1-16-22(17(2)27(24-16)18-9-5-4-6-10-18)23-21(28)15-26-14-8-12-20(26)19-11-7-13-25(19)3/h4-7,9-11,13,20H,8,12,14-15H2,1-3H3,(H,23,28). The van der Waals surface area contributed by atoms with E-state index in [1.54, 1.807) is 0 Å². The zero-order chi connectivity index (χ0) is 19.7. The van der Waals surface area contributed by atoms with Crippen LogP contribution in [-0.2, 0) is 11.8 Å². The van der Waals surface area contributed by atoms with E-state index >= 15 is 0 Å². The Morgan fingerprint density at radius 2 is 1.96 bits per heavy atom. The Morgan fingerprint density at radius 3 is 2.68 bits per heavy atom. The highest BCUT2D eigenvalue weighted by atomic mass is 16.2. The number of likely N-dealkylation sites (tertiary alicyclic amines) is 1. The summed E-state index contributed by atoms with van der Waals surface area (Å²) in [6.45, 7) is 5.27. The number of carbonyl (C=O) groups excluding carboxylic acids is 1. The molecule has 0 saturated carbocycles. The van der Waals surface area contributed by atoms with Crippen molar-refractivity contribution in [2.75, 3.05) is 18.4 Å². The average molecular weight is 377 g/mol. The number of rotatable bonds is 5. The van der Waals surface area contributed by atoms with Crippen molar-refractivity contribution in [2.24, 2.45) is 7.05 Å². The van der Waals surface area contributed by atoms with Crippen molar-refractivity contribution in [3.8, 4) is 5.69 Å². The van der Waals surface area contributed by atoms with Gasteiger partial charge in [0.05, 0.1) is 35.3 Å². The Bertz CT molecular complexity index is 972. The third kappa shape index (κ3) is 3.47. The Labute approximate surface area is 165 Å². The summed E-state index contributed by atoms with van der Waals surface area (Å²) >= 11 is 0. The van der Waals surface area contributed by atoms with Crippen molar-refractivity contribution in [3.05, 3.63) is 65.7 Å². The quantitative estimate of drug-likeness (QED) is 0.739. The molecule has 1 aromatic carbocycles. The summed E-state index contributed by atoms with van der Waals surface area (Å²) in [7, 11) is 2.07. The lowest BCUT2D eigenvalue weighted by Crippen LogP contribution is -2.33. The first-order valence-electron chi connectivity index (χ1n) is 9.81. The number of para-hydroxylation sites is 1. The van der Waals surface area contributed by atoms with E-state index in [0.29, 0.717) is 12.6 Å². The fourth-order valence-electron chi connectivity index (χ4n) is 4.18. The molecule has 1 saturated heterocycles. The largest absolute Gasteiger partial charge is 0.353 e. The molecule has 1 N–H and O–H groups in total. The van der Waals surface area contributed by atoms with Crippen LogP contribution in [0, 0.1) is 13.8 Å². The maximum atomic E-state index is 12.8. The molecule has 4 rings (SSSR count). The first-order chi connectivity index (χ1) is 13.5. The summed E-state index contributed by atoms with van der Waals surface area (Å²) < 4.78 is 4.03. The first kappa shape index (κ1) is 18.5. The van der Waals surface area contributed by atoms with Crippen molar-refractivity contribution in [3.63, 3.8) is 0 Å². The highest BCUT2D eigenvalue weighted by Crippen LogP contribution is 2.31. The van der Waals surface area contributed by atoms with E-state index in [2.05, 4.69) is 45.3 Å². The fraction of sp³-hybridized carbons (Fsp3) is 0.364. The molecular formula is C22H27N5O. The number of hydrogen-bond acceptors (Lipinski definition) is 3. The van der Waals surface area contributed by atoms with Gasteiger partial charge in [0.1, 0.15) is 0 Å². The SMILES string of the molecule is Cc1nn(-c2ccccc2)c(C)c1NC(=O)CN1CCCC1c1cccn1C. The van der Waals surface area contributed by atoms with Crippen LogP contribution in [0.3, 0.4) is 0 Å². The molecule has 0 radical (unpaired) electrons. The molecule has 1 aliphatic rings. The van der Waals surface area contributed by atoms with Crippen LogP contribution in [0.2, 0.25) is 0 Å². The third-order valence-corrected chi connectivity index (χ3v) is 5.59. The van der Waals surface area contributed by atoms with E-state index < -0.39 is 0 Å². The van der Waals surface area contributed by atoms with Crippen LogP contribution in [0.5, 0.6) is 0 Å². The van der Waals surface area contributed by atoms with Gasteiger partial charge in [-0.25, -0.2) is 4.68 Å². The van der Waals surface area contributed by atoms with Crippen LogP contribution >= 0.6 is 0 Å². The van der Waals surface area contributed by atoms with E-state index in [4.69, 9.17) is 0 Å². The summed E-state index contributed by atoms with van der Waals surface area (Å²) in [5.74, 6) is 0.0138. The van der Waals surface area contributed by atoms with E-state index in [0.717, 1.165) is 42.1 Å². The Balaban J connectivity index is 1.49. The maximum absolute atomic E-state index is 12.8. The molecule has 1 atom stereocenters. The van der Waals surface area contributed by atoms with Gasteiger partial charge in [-0.3, -0.25) is 9.69 Å². The Morgan fingerprint density at radius 1 is 1.18 bits per heavy atom. The lowest BCUT2D eigenvalue weighted by Gasteiger charge is -2.24. The van der Waals surface area contributed by atoms with Gasteiger partial charge in [0.25, 0.3) is 0 Å². The van der Waals surface area contributed by atoms with Gasteiger partial charge >= 0.3 is 0 Å². The molecule has 0 spiro atoms. The van der Waals surface area contributed by atoms with E-state index in [9.17, 15) is 4.79 Å². The second-order valence-corrected chi connectivity index (χ2v) is 7.51. The first-order valence-corrected chi connectivity index (χ1v) is 9.81. The van der Waals surface area contributed by atoms with Crippen LogP contribution in [0.4, 0.5) is 5.69 Å². The number of aromatic nitrogens is 3. The minimum atomic E-state index is 0.0138. The molecule has 0 bridgehead atoms. The van der Waals surface area contributed by atoms with E-state index in [1.807, 2.05) is 48.9 Å². The molecule has 146 valence electrons. The monoisotopic (exact) mass is 377 g/mol. The number of hydrogen-bond donors (Lipinski definition) is 1. The molecule has 3 aromatic rings. The average Bonchev–Trinajstić information content (AvgIpc) is 3.38. The van der Waals surface area contributed by atoms with Crippen molar-refractivity contribution in [2.45, 2.75) is 32.7 Å². The van der Waals surface area contributed by atoms with E-state index in [-0.39, 0.29) is 5.91 Å². The van der Waals surface area contributed by atoms with Crippen molar-refractivity contribution in [1.82, 2.24) is 19.2 Å². The zero-order valence-corrected chi connectivity index (χ0v) is 16.7. The third-order valence-electron chi connectivity index (χ3n) is 5.59. The van der Waals surface area contributed by atoms with Gasteiger partial charge in [0, 0.05) is 18.9 Å². The number of benzene rings is 1. The Hall–Kier alpha value is -2.86. The summed E-state index contributed by atoms with van der Waals surface area (Å²) in [5.41, 5.74) is 4.84. The van der Waals surface area contributed by atoms with Crippen LogP contribution in [0.15, 0.2) is 48.7 Å². The van der Waals surface area contributed by atoms with Gasteiger partial charge < -0.3 is 9.88 Å². The fourth-order valence-corrected chi connectivity index (χ4v) is 4.18. The molecule has 6 heteroatoms. The second-order valence-electron chi connectivity index (χ2n) is 7.51. The molecule has 1 unspecified atom stereocenters. The number of anilines is 1. The van der Waals surface area contributed by atoms with Gasteiger partial charge in [-0.2, -0.15) is 5.10 Å². The van der Waals surface area contributed by atoms with Crippen molar-refractivity contribution in [1.29, 1.82) is 0 Å². The Kier molecular flexibility index (Phi) is 5.05. The molecule has 1 aliphatic heterocycles. The normalized spacial score (nSPS) is 17.2. The lowest BCUT2D eigenvalue weighted by molar-refractivity contribution is -0.117. The van der Waals surface area contributed by atoms with Gasteiger partial charge in [0.2, 0.25) is 5.91 Å². The molecular weight excluding hydrogens is 350 g/mol. The highest BCUT2D eigenvalue weighted by Gasteiger charge is 2.29. The van der Waals surface area contributed by atoms with Crippen LogP contribution < -0.4 is 5.32 Å². The number of nitrogens with one attached hydrogen (secondary N) is 1. The number of carbonyl (C=O) groups is 1. The molecule has 1 amide bonds. The number of amides is 1. The van der Waals surface area contributed by atoms with Crippen LogP contribution in [-0.4, -0.2) is 38.2 Å². The topological polar surface area (TPSA) is 55.1 Å². The van der Waals surface area contributed by atoms with Gasteiger partial charge in [-0.15, -0.1) is 0 Å². The predicted octanol–water partition coefficient (Wildman–Crippen LogP) is 3.60. The molecule has 1 fully saturated rings. The minimum absolute atomic E-state index is 0.0138. The lowest BCUT2D eigenvalue weighted by atomic mass is 10.1. The van der Waals surface area contributed by atoms with Crippen molar-refractivity contribution < 1.29 is 4.79 Å². The summed E-state index contributed by atoms with van der Waals surface area (Å²) in [5, 5.41) is 7.72. The molecule has 6 nitrogen and oxygen atoms in total. The minimum Gasteiger partial charge on any atom is -0.353 e. The highest BCUT2D eigenvalue weighted by molar-refractivity contribution is 5.93. The number of aryl methyl sites for hydroxylation is 2. The summed E-state index contributed by atoms with van der Waals surface area (Å²) in [6, 6.07) is 14.5. The van der Waals surface area contributed by atoms with E-state index in [1.165, 1.54) is 5.69 Å². The van der Waals surface area contributed by atoms with Gasteiger partial charge in [-0.1, -0.05) is 18.2 Å².